The number of thiazole rings is 1. The molecule has 0 aliphatic rings. The van der Waals surface area contributed by atoms with Crippen molar-refractivity contribution in [3.05, 3.63) is 38.2 Å². The number of aromatic nitrogens is 1. The lowest BCUT2D eigenvalue weighted by molar-refractivity contribution is -0.404. The topological polar surface area (TPSA) is 83.3 Å². The Morgan fingerprint density at radius 3 is 2.95 bits per heavy atom. The van der Waals surface area contributed by atoms with Crippen LogP contribution in [0.2, 0.25) is 0 Å². The first-order chi connectivity index (χ1) is 10.4. The van der Waals surface area contributed by atoms with Crippen molar-refractivity contribution < 1.29 is 4.92 Å². The number of nitrogens with zero attached hydrogens (tertiary/aromatic N) is 3. The van der Waals surface area contributed by atoms with Gasteiger partial charge in [0.15, 0.2) is 5.82 Å². The zero-order valence-corrected chi connectivity index (χ0v) is 15.0. The molecule has 0 fully saturated rings. The number of thioether (sulfide) groups is 1. The van der Waals surface area contributed by atoms with E-state index in [-0.39, 0.29) is 0 Å². The number of hydrogen-bond donors (Lipinski definition) is 2. The molecule has 124 valence electrons. The summed E-state index contributed by atoms with van der Waals surface area (Å²) in [7, 11) is 5.74. The van der Waals surface area contributed by atoms with Crippen molar-refractivity contribution in [1.82, 2.24) is 20.5 Å². The quantitative estimate of drug-likeness (QED) is 0.380. The van der Waals surface area contributed by atoms with Crippen LogP contribution in [0.25, 0.3) is 0 Å². The summed E-state index contributed by atoms with van der Waals surface area (Å²) >= 11 is 3.44. The molecule has 22 heavy (non-hydrogen) atoms. The highest BCUT2D eigenvalue weighted by Crippen LogP contribution is 2.23. The minimum absolute atomic E-state index is 0.330. The van der Waals surface area contributed by atoms with Gasteiger partial charge in [0.05, 0.1) is 16.7 Å². The molecule has 1 unspecified atom stereocenters. The van der Waals surface area contributed by atoms with Gasteiger partial charge < -0.3 is 15.5 Å². The summed E-state index contributed by atoms with van der Waals surface area (Å²) in [6, 6.07) is 0.330. The second-order valence-corrected chi connectivity index (χ2v) is 6.87. The first kappa shape index (κ1) is 18.7. The van der Waals surface area contributed by atoms with Crippen LogP contribution in [0.15, 0.2) is 17.4 Å². The van der Waals surface area contributed by atoms with Crippen molar-refractivity contribution in [3.8, 4) is 0 Å². The van der Waals surface area contributed by atoms with E-state index >= 15 is 0 Å². The van der Waals surface area contributed by atoms with E-state index in [4.69, 9.17) is 0 Å². The van der Waals surface area contributed by atoms with Crippen LogP contribution >= 0.6 is 23.1 Å². The third-order valence-corrected chi connectivity index (χ3v) is 5.07. The number of hydrogen-bond acceptors (Lipinski definition) is 8. The molecular formula is C13H23N5O2S2. The molecule has 0 aliphatic carbocycles. The van der Waals surface area contributed by atoms with E-state index < -0.39 is 4.92 Å². The highest BCUT2D eigenvalue weighted by Gasteiger charge is 2.12. The Kier molecular flexibility index (Phi) is 8.21. The van der Waals surface area contributed by atoms with Gasteiger partial charge >= 0.3 is 0 Å². The third kappa shape index (κ3) is 6.63. The molecule has 1 rings (SSSR count). The number of nitrogens with one attached hydrogen (secondary N) is 2. The van der Waals surface area contributed by atoms with Crippen LogP contribution in [-0.4, -0.2) is 48.2 Å². The van der Waals surface area contributed by atoms with Crippen molar-refractivity contribution in [3.63, 3.8) is 0 Å². The predicted octanol–water partition coefficient (Wildman–Crippen LogP) is 1.88. The zero-order valence-electron chi connectivity index (χ0n) is 13.3. The molecule has 0 aliphatic heterocycles. The number of nitro groups is 1. The fourth-order valence-electron chi connectivity index (χ4n) is 1.54. The van der Waals surface area contributed by atoms with E-state index in [1.165, 1.54) is 0 Å². The molecule has 1 aromatic rings. The average molecular weight is 345 g/mol. The Bertz CT molecular complexity index is 504. The normalized spacial score (nSPS) is 13.2. The predicted molar refractivity (Wildman–Crippen MR) is 92.5 cm³/mol. The molecule has 0 saturated heterocycles. The van der Waals surface area contributed by atoms with Crippen molar-refractivity contribution >= 4 is 23.1 Å². The highest BCUT2D eigenvalue weighted by molar-refractivity contribution is 7.98. The largest absolute Gasteiger partial charge is 0.370 e. The maximum Gasteiger partial charge on any atom is 0.274 e. The highest BCUT2D eigenvalue weighted by atomic mass is 32.2. The lowest BCUT2D eigenvalue weighted by atomic mass is 10.3. The molecule has 0 radical (unpaired) electrons. The summed E-state index contributed by atoms with van der Waals surface area (Å²) in [5.41, 5.74) is 1.09. The second kappa shape index (κ2) is 9.65. The van der Waals surface area contributed by atoms with E-state index in [0.29, 0.717) is 18.4 Å². The Morgan fingerprint density at radius 2 is 2.36 bits per heavy atom. The van der Waals surface area contributed by atoms with Crippen LogP contribution in [0.5, 0.6) is 0 Å². The Morgan fingerprint density at radius 1 is 1.64 bits per heavy atom. The summed E-state index contributed by atoms with van der Waals surface area (Å²) in [6.45, 7) is 2.80. The van der Waals surface area contributed by atoms with Crippen molar-refractivity contribution in [2.24, 2.45) is 0 Å². The van der Waals surface area contributed by atoms with E-state index in [2.05, 4.69) is 32.8 Å². The second-order valence-electron chi connectivity index (χ2n) is 4.87. The van der Waals surface area contributed by atoms with Gasteiger partial charge in [-0.05, 0) is 21.0 Å². The molecular weight excluding hydrogens is 322 g/mol. The summed E-state index contributed by atoms with van der Waals surface area (Å²) < 4.78 is 0. The fraction of sp³-hybridized carbons (Fsp3) is 0.615. The van der Waals surface area contributed by atoms with Gasteiger partial charge in [-0.25, -0.2) is 4.98 Å². The summed E-state index contributed by atoms with van der Waals surface area (Å²) in [6.07, 6.45) is 0.931. The molecule has 1 atom stereocenters. The standard InChI is InChI=1S/C13H23N5O2S2/c1-10(17(3)4)13-16-11(9-22-13)8-21-6-5-15-12(14-2)7-18(19)20/h7,9-10,14-15H,5-6,8H2,1-4H3. The van der Waals surface area contributed by atoms with Gasteiger partial charge in [0, 0.05) is 30.5 Å². The van der Waals surface area contributed by atoms with Gasteiger partial charge in [0.25, 0.3) is 6.20 Å². The van der Waals surface area contributed by atoms with Crippen LogP contribution in [-0.2, 0) is 5.75 Å². The SMILES string of the molecule is CNC(=C[N+](=O)[O-])NCCSCc1csc(C(C)N(C)C)n1. The average Bonchev–Trinajstić information content (AvgIpc) is 2.93. The van der Waals surface area contributed by atoms with Crippen LogP contribution in [0.3, 0.4) is 0 Å². The summed E-state index contributed by atoms with van der Waals surface area (Å²) in [5, 5.41) is 19.3. The van der Waals surface area contributed by atoms with Gasteiger partial charge in [0.2, 0.25) is 0 Å². The summed E-state index contributed by atoms with van der Waals surface area (Å²) in [4.78, 5) is 16.7. The van der Waals surface area contributed by atoms with Crippen LogP contribution in [0.1, 0.15) is 23.7 Å². The van der Waals surface area contributed by atoms with Gasteiger partial charge in [-0.15, -0.1) is 11.3 Å². The Labute approximate surface area is 139 Å². The molecule has 7 nitrogen and oxygen atoms in total. The molecule has 2 N–H and O–H groups in total. The molecule has 9 heteroatoms. The molecule has 1 aromatic heterocycles. The van der Waals surface area contributed by atoms with E-state index in [0.717, 1.165) is 28.4 Å². The third-order valence-electron chi connectivity index (χ3n) is 3.02. The Hall–Kier alpha value is -1.32. The van der Waals surface area contributed by atoms with Crippen LogP contribution in [0.4, 0.5) is 0 Å². The Balaban J connectivity index is 2.29. The van der Waals surface area contributed by atoms with Gasteiger partial charge in [-0.3, -0.25) is 10.1 Å². The van der Waals surface area contributed by atoms with E-state index in [9.17, 15) is 10.1 Å². The van der Waals surface area contributed by atoms with Crippen LogP contribution in [0, 0.1) is 10.1 Å². The fourth-order valence-corrected chi connectivity index (χ4v) is 3.36. The molecule has 0 bridgehead atoms. The van der Waals surface area contributed by atoms with E-state index in [1.54, 1.807) is 30.1 Å². The first-order valence-electron chi connectivity index (χ1n) is 6.89. The zero-order chi connectivity index (χ0) is 16.5. The van der Waals surface area contributed by atoms with E-state index in [1.807, 2.05) is 14.1 Å². The maximum atomic E-state index is 10.4. The van der Waals surface area contributed by atoms with Crippen molar-refractivity contribution in [1.29, 1.82) is 0 Å². The lowest BCUT2D eigenvalue weighted by Gasteiger charge is -2.16. The minimum atomic E-state index is -0.477. The van der Waals surface area contributed by atoms with Crippen molar-refractivity contribution in [2.45, 2.75) is 18.7 Å². The molecule has 0 aromatic carbocycles. The minimum Gasteiger partial charge on any atom is -0.370 e. The number of rotatable bonds is 10. The lowest BCUT2D eigenvalue weighted by Crippen LogP contribution is -2.26. The van der Waals surface area contributed by atoms with Gasteiger partial charge in [-0.1, -0.05) is 0 Å². The first-order valence-corrected chi connectivity index (χ1v) is 8.93. The smallest absolute Gasteiger partial charge is 0.274 e. The maximum absolute atomic E-state index is 10.4. The molecule has 1 heterocycles. The monoisotopic (exact) mass is 345 g/mol. The molecule has 0 saturated carbocycles. The summed E-state index contributed by atoms with van der Waals surface area (Å²) in [5.74, 6) is 2.13. The van der Waals surface area contributed by atoms with Gasteiger partial charge in [0.1, 0.15) is 5.01 Å². The molecule has 0 amide bonds. The molecule has 0 spiro atoms. The van der Waals surface area contributed by atoms with Crippen LogP contribution < -0.4 is 10.6 Å². The van der Waals surface area contributed by atoms with Crippen molar-refractivity contribution in [2.75, 3.05) is 33.4 Å². The van der Waals surface area contributed by atoms with Gasteiger partial charge in [-0.2, -0.15) is 11.8 Å².